The number of hydrogen-bond acceptors (Lipinski definition) is 1. The van der Waals surface area contributed by atoms with Gasteiger partial charge in [0.05, 0.1) is 5.02 Å². The van der Waals surface area contributed by atoms with Crippen LogP contribution in [0, 0.1) is 15.4 Å². The topological polar surface area (TPSA) is 20.3 Å². The van der Waals surface area contributed by atoms with E-state index in [1.165, 1.54) is 25.7 Å². The molecule has 1 aromatic rings. The zero-order valence-electron chi connectivity index (χ0n) is 10.7. The van der Waals surface area contributed by atoms with E-state index in [-0.39, 0.29) is 5.91 Å². The lowest BCUT2D eigenvalue weighted by Crippen LogP contribution is -2.45. The van der Waals surface area contributed by atoms with E-state index >= 15 is 0 Å². The maximum absolute atomic E-state index is 12.6. The second-order valence-corrected chi connectivity index (χ2v) is 7.31. The molecule has 0 N–H and O–H groups in total. The largest absolute Gasteiger partial charge is 0.338 e. The molecular weight excluding hydrogens is 373 g/mol. The highest BCUT2D eigenvalue weighted by molar-refractivity contribution is 14.1. The third-order valence-corrected chi connectivity index (χ3v) is 5.84. The van der Waals surface area contributed by atoms with E-state index in [1.807, 2.05) is 18.2 Å². The first-order chi connectivity index (χ1) is 9.13. The third kappa shape index (κ3) is 2.92. The molecule has 2 nitrogen and oxygen atoms in total. The fourth-order valence-corrected chi connectivity index (χ4v) is 4.04. The Balaban J connectivity index is 1.78. The van der Waals surface area contributed by atoms with E-state index in [0.29, 0.717) is 5.02 Å². The maximum atomic E-state index is 12.6. The van der Waals surface area contributed by atoms with Crippen molar-refractivity contribution in [1.82, 2.24) is 4.90 Å². The summed E-state index contributed by atoms with van der Waals surface area (Å²) in [6.45, 7) is 1.88. The second-order valence-electron chi connectivity index (χ2n) is 5.74. The predicted molar refractivity (Wildman–Crippen MR) is 85.5 cm³/mol. The molecule has 4 heteroatoms. The number of nitrogens with zero attached hydrogens (tertiary/aromatic N) is 1. The molecule has 2 aliphatic rings. The van der Waals surface area contributed by atoms with E-state index in [0.717, 1.165) is 34.1 Å². The number of likely N-dealkylation sites (tertiary alicyclic amines) is 1. The van der Waals surface area contributed by atoms with Crippen LogP contribution in [-0.2, 0) is 0 Å². The molecule has 1 saturated carbocycles. The number of rotatable bonds is 1. The van der Waals surface area contributed by atoms with Gasteiger partial charge in [0.1, 0.15) is 0 Å². The Morgan fingerprint density at radius 3 is 2.58 bits per heavy atom. The summed E-state index contributed by atoms with van der Waals surface area (Å²) >= 11 is 8.19. The number of halogens is 2. The Morgan fingerprint density at radius 2 is 1.95 bits per heavy atom. The van der Waals surface area contributed by atoms with Crippen LogP contribution in [0.25, 0.3) is 0 Å². The molecule has 1 amide bonds. The first kappa shape index (κ1) is 13.7. The van der Waals surface area contributed by atoms with E-state index < -0.39 is 0 Å². The van der Waals surface area contributed by atoms with Gasteiger partial charge in [0.25, 0.3) is 5.91 Å². The van der Waals surface area contributed by atoms with Gasteiger partial charge in [-0.3, -0.25) is 4.79 Å². The number of carbonyl (C=O) groups excluding carboxylic acids is 1. The Kier molecular flexibility index (Phi) is 4.03. The molecule has 19 heavy (non-hydrogen) atoms. The second kappa shape index (κ2) is 5.60. The Morgan fingerprint density at radius 1 is 1.26 bits per heavy atom. The fraction of sp³-hybridized carbons (Fsp3) is 0.533. The Hall–Kier alpha value is -0.290. The van der Waals surface area contributed by atoms with E-state index in [1.54, 1.807) is 0 Å². The molecule has 1 saturated heterocycles. The van der Waals surface area contributed by atoms with Gasteiger partial charge < -0.3 is 4.90 Å². The van der Waals surface area contributed by atoms with Crippen LogP contribution >= 0.6 is 34.2 Å². The number of piperidine rings is 1. The summed E-state index contributed by atoms with van der Waals surface area (Å²) in [6.07, 6.45) is 5.25. The smallest absolute Gasteiger partial charge is 0.253 e. The minimum absolute atomic E-state index is 0.172. The minimum Gasteiger partial charge on any atom is -0.338 e. The highest BCUT2D eigenvalue weighted by Crippen LogP contribution is 2.35. The van der Waals surface area contributed by atoms with Crippen LogP contribution in [0.4, 0.5) is 0 Å². The van der Waals surface area contributed by atoms with Crippen molar-refractivity contribution in [2.75, 3.05) is 13.1 Å². The van der Waals surface area contributed by atoms with Crippen LogP contribution in [0.2, 0.25) is 5.02 Å². The van der Waals surface area contributed by atoms with Gasteiger partial charge in [-0.05, 0) is 71.9 Å². The average Bonchev–Trinajstić information content (AvgIpc) is 2.40. The molecule has 102 valence electrons. The van der Waals surface area contributed by atoms with Gasteiger partial charge in [-0.15, -0.1) is 0 Å². The molecule has 0 aromatic heterocycles. The van der Waals surface area contributed by atoms with Gasteiger partial charge >= 0.3 is 0 Å². The molecule has 1 heterocycles. The highest BCUT2D eigenvalue weighted by Gasteiger charge is 2.32. The lowest BCUT2D eigenvalue weighted by atomic mass is 9.78. The maximum Gasteiger partial charge on any atom is 0.253 e. The van der Waals surface area contributed by atoms with Gasteiger partial charge in [0.2, 0.25) is 0 Å². The number of carbonyl (C=O) groups is 1. The van der Waals surface area contributed by atoms with Crippen LogP contribution in [-0.4, -0.2) is 23.9 Å². The summed E-state index contributed by atoms with van der Waals surface area (Å²) in [5.74, 6) is 1.62. The molecule has 2 bridgehead atoms. The SMILES string of the molecule is O=C(c1ccc(Cl)c(I)c1)N1CC2CCCC(C2)C1. The molecule has 2 fully saturated rings. The molecule has 2 atom stereocenters. The average molecular weight is 390 g/mol. The van der Waals surface area contributed by atoms with Crippen molar-refractivity contribution in [3.8, 4) is 0 Å². The van der Waals surface area contributed by atoms with Crippen LogP contribution in [0.3, 0.4) is 0 Å². The number of hydrogen-bond donors (Lipinski definition) is 0. The monoisotopic (exact) mass is 389 g/mol. The predicted octanol–water partition coefficient (Wildman–Crippen LogP) is 4.21. The van der Waals surface area contributed by atoms with Crippen molar-refractivity contribution in [3.63, 3.8) is 0 Å². The van der Waals surface area contributed by atoms with Gasteiger partial charge in [-0.1, -0.05) is 18.0 Å². The van der Waals surface area contributed by atoms with Crippen molar-refractivity contribution >= 4 is 40.1 Å². The molecular formula is C15H17ClINO. The summed E-state index contributed by atoms with van der Waals surface area (Å²) in [4.78, 5) is 14.6. The fourth-order valence-electron chi connectivity index (χ4n) is 3.41. The third-order valence-electron chi connectivity index (χ3n) is 4.30. The lowest BCUT2D eigenvalue weighted by Gasteiger charge is -2.41. The molecule has 0 spiro atoms. The molecule has 1 aliphatic carbocycles. The van der Waals surface area contributed by atoms with Crippen molar-refractivity contribution in [1.29, 1.82) is 0 Å². The van der Waals surface area contributed by atoms with Crippen LogP contribution < -0.4 is 0 Å². The van der Waals surface area contributed by atoms with Gasteiger partial charge in [0.15, 0.2) is 0 Å². The molecule has 0 radical (unpaired) electrons. The van der Waals surface area contributed by atoms with Crippen LogP contribution in [0.5, 0.6) is 0 Å². The van der Waals surface area contributed by atoms with Crippen molar-refractivity contribution < 1.29 is 4.79 Å². The van der Waals surface area contributed by atoms with Gasteiger partial charge in [-0.2, -0.15) is 0 Å². The van der Waals surface area contributed by atoms with Crippen molar-refractivity contribution in [2.24, 2.45) is 11.8 Å². The van der Waals surface area contributed by atoms with Crippen LogP contribution in [0.15, 0.2) is 18.2 Å². The Labute approximate surface area is 132 Å². The van der Waals surface area contributed by atoms with Crippen LogP contribution in [0.1, 0.15) is 36.0 Å². The zero-order valence-corrected chi connectivity index (χ0v) is 13.7. The molecule has 2 unspecified atom stereocenters. The number of amides is 1. The van der Waals surface area contributed by atoms with Crippen molar-refractivity contribution in [3.05, 3.63) is 32.4 Å². The summed E-state index contributed by atoms with van der Waals surface area (Å²) in [5.41, 5.74) is 0.772. The minimum atomic E-state index is 0.172. The molecule has 1 aliphatic heterocycles. The molecule has 1 aromatic carbocycles. The quantitative estimate of drug-likeness (QED) is 0.659. The standard InChI is InChI=1S/C15H17ClINO/c16-13-5-4-12(7-14(13)17)15(19)18-8-10-2-1-3-11(6-10)9-18/h4-5,7,10-11H,1-3,6,8-9H2. The number of benzene rings is 1. The van der Waals surface area contributed by atoms with E-state index in [4.69, 9.17) is 11.6 Å². The summed E-state index contributed by atoms with van der Waals surface area (Å²) in [7, 11) is 0. The highest BCUT2D eigenvalue weighted by atomic mass is 127. The normalized spacial score (nSPS) is 26.3. The molecule has 3 rings (SSSR count). The van der Waals surface area contributed by atoms with Gasteiger partial charge in [-0.25, -0.2) is 0 Å². The first-order valence-electron chi connectivity index (χ1n) is 6.88. The summed E-state index contributed by atoms with van der Waals surface area (Å²) < 4.78 is 0.947. The summed E-state index contributed by atoms with van der Waals surface area (Å²) in [5, 5.41) is 0.715. The van der Waals surface area contributed by atoms with Gasteiger partial charge in [0, 0.05) is 22.2 Å². The Bertz CT molecular complexity index is 493. The van der Waals surface area contributed by atoms with Crippen molar-refractivity contribution in [2.45, 2.75) is 25.7 Å². The summed E-state index contributed by atoms with van der Waals surface area (Å²) in [6, 6.07) is 5.56. The lowest BCUT2D eigenvalue weighted by molar-refractivity contribution is 0.0504. The van der Waals surface area contributed by atoms with E-state index in [9.17, 15) is 4.79 Å². The zero-order chi connectivity index (χ0) is 13.4. The van der Waals surface area contributed by atoms with E-state index in [2.05, 4.69) is 27.5 Å². The first-order valence-corrected chi connectivity index (χ1v) is 8.33. The number of fused-ring (bicyclic) bond motifs is 2.